The number of amides is 2. The van der Waals surface area contributed by atoms with Crippen LogP contribution in [0.1, 0.15) is 21.5 Å². The average molecular weight is 436 g/mol. The van der Waals surface area contributed by atoms with Crippen LogP contribution in [0.5, 0.6) is 5.75 Å². The lowest BCUT2D eigenvalue weighted by Gasteiger charge is -2.11. The Labute approximate surface area is 176 Å². The third kappa shape index (κ3) is 4.24. The van der Waals surface area contributed by atoms with Gasteiger partial charge in [0.15, 0.2) is 5.78 Å². The molecule has 1 aliphatic rings. The molecule has 0 aromatic heterocycles. The van der Waals surface area contributed by atoms with Crippen molar-refractivity contribution in [3.63, 3.8) is 0 Å². The fourth-order valence-corrected chi connectivity index (χ4v) is 4.07. The number of rotatable bonds is 5. The zero-order chi connectivity index (χ0) is 20.4. The van der Waals surface area contributed by atoms with Crippen molar-refractivity contribution in [1.82, 2.24) is 4.90 Å². The number of imide groups is 1. The molecular formula is C20H15Cl2NO4S. The maximum Gasteiger partial charge on any atom is 0.293 e. The van der Waals surface area contributed by atoms with Gasteiger partial charge in [0.1, 0.15) is 5.75 Å². The zero-order valence-corrected chi connectivity index (χ0v) is 17.3. The quantitative estimate of drug-likeness (QED) is 0.475. The number of benzene rings is 2. The molecule has 8 heteroatoms. The molecule has 2 aromatic carbocycles. The molecule has 1 saturated heterocycles. The van der Waals surface area contributed by atoms with E-state index in [4.69, 9.17) is 27.9 Å². The van der Waals surface area contributed by atoms with Crippen molar-refractivity contribution in [2.45, 2.75) is 6.92 Å². The van der Waals surface area contributed by atoms with Gasteiger partial charge < -0.3 is 4.74 Å². The standard InChI is InChI=1S/C20H15Cl2NO4S/c1-11-3-5-12(6-4-11)16(24)10-23-19(25)17(28-20(23)26)8-13-7-14(21)9-15(22)18(13)27-2/h3-9H,10H2,1-2H3. The molecule has 0 atom stereocenters. The van der Waals surface area contributed by atoms with Crippen LogP contribution in [-0.2, 0) is 4.79 Å². The second kappa shape index (κ2) is 8.39. The Bertz CT molecular complexity index is 1000. The van der Waals surface area contributed by atoms with Gasteiger partial charge in [0.25, 0.3) is 11.1 Å². The summed E-state index contributed by atoms with van der Waals surface area (Å²) in [6.45, 7) is 1.59. The van der Waals surface area contributed by atoms with Crippen molar-refractivity contribution in [2.24, 2.45) is 0 Å². The molecule has 0 saturated carbocycles. The van der Waals surface area contributed by atoms with Crippen LogP contribution in [0.4, 0.5) is 4.79 Å². The zero-order valence-electron chi connectivity index (χ0n) is 15.0. The molecule has 0 aliphatic carbocycles. The molecule has 1 aliphatic heterocycles. The van der Waals surface area contributed by atoms with Crippen LogP contribution in [0.15, 0.2) is 41.3 Å². The molecule has 0 N–H and O–H groups in total. The van der Waals surface area contributed by atoms with Crippen LogP contribution in [0.3, 0.4) is 0 Å². The van der Waals surface area contributed by atoms with Gasteiger partial charge in [0.2, 0.25) is 0 Å². The molecule has 5 nitrogen and oxygen atoms in total. The predicted octanol–water partition coefficient (Wildman–Crippen LogP) is 5.23. The molecule has 28 heavy (non-hydrogen) atoms. The van der Waals surface area contributed by atoms with Crippen LogP contribution < -0.4 is 4.74 Å². The normalized spacial score (nSPS) is 15.4. The van der Waals surface area contributed by atoms with Gasteiger partial charge in [-0.3, -0.25) is 19.3 Å². The maximum atomic E-state index is 12.7. The minimum Gasteiger partial charge on any atom is -0.495 e. The molecule has 2 amide bonds. The smallest absolute Gasteiger partial charge is 0.293 e. The third-order valence-electron chi connectivity index (χ3n) is 4.08. The highest BCUT2D eigenvalue weighted by molar-refractivity contribution is 8.18. The predicted molar refractivity (Wildman–Crippen MR) is 111 cm³/mol. The Balaban J connectivity index is 1.85. The fraction of sp³-hybridized carbons (Fsp3) is 0.150. The summed E-state index contributed by atoms with van der Waals surface area (Å²) in [7, 11) is 1.44. The average Bonchev–Trinajstić information content (AvgIpc) is 2.89. The second-order valence-corrected chi connectivity index (χ2v) is 7.90. The highest BCUT2D eigenvalue weighted by Crippen LogP contribution is 2.37. The van der Waals surface area contributed by atoms with Crippen molar-refractivity contribution >= 4 is 58.0 Å². The highest BCUT2D eigenvalue weighted by Gasteiger charge is 2.36. The Morgan fingerprint density at radius 1 is 1.18 bits per heavy atom. The van der Waals surface area contributed by atoms with E-state index in [0.717, 1.165) is 22.2 Å². The summed E-state index contributed by atoms with van der Waals surface area (Å²) in [6, 6.07) is 10.0. The van der Waals surface area contributed by atoms with Crippen molar-refractivity contribution < 1.29 is 19.1 Å². The summed E-state index contributed by atoms with van der Waals surface area (Å²) in [6.07, 6.45) is 1.48. The molecule has 3 rings (SSSR count). The van der Waals surface area contributed by atoms with Gasteiger partial charge in [0, 0.05) is 16.1 Å². The lowest BCUT2D eigenvalue weighted by molar-refractivity contribution is -0.122. The number of thioether (sulfide) groups is 1. The van der Waals surface area contributed by atoms with Crippen LogP contribution in [0.2, 0.25) is 10.0 Å². The molecule has 1 heterocycles. The van der Waals surface area contributed by atoms with Crippen molar-refractivity contribution in [1.29, 1.82) is 0 Å². The highest BCUT2D eigenvalue weighted by atomic mass is 35.5. The molecule has 0 spiro atoms. The summed E-state index contributed by atoms with van der Waals surface area (Å²) >= 11 is 12.9. The van der Waals surface area contributed by atoms with E-state index in [9.17, 15) is 14.4 Å². The molecule has 0 radical (unpaired) electrons. The summed E-state index contributed by atoms with van der Waals surface area (Å²) < 4.78 is 5.25. The number of hydrogen-bond donors (Lipinski definition) is 0. The SMILES string of the molecule is COc1c(Cl)cc(Cl)cc1C=C1SC(=O)N(CC(=O)c2ccc(C)cc2)C1=O. The number of ether oxygens (including phenoxy) is 1. The van der Waals surface area contributed by atoms with Gasteiger partial charge >= 0.3 is 0 Å². The topological polar surface area (TPSA) is 63.7 Å². The molecule has 0 bridgehead atoms. The number of carbonyl (C=O) groups excluding carboxylic acids is 3. The van der Waals surface area contributed by atoms with Gasteiger partial charge in [-0.2, -0.15) is 0 Å². The number of carbonyl (C=O) groups is 3. The van der Waals surface area contributed by atoms with E-state index in [1.165, 1.54) is 19.3 Å². The molecule has 1 fully saturated rings. The Hall–Kier alpha value is -2.28. The number of Topliss-reactive ketones (excluding diaryl/α,β-unsaturated/α-hetero) is 1. The van der Waals surface area contributed by atoms with Crippen molar-refractivity contribution in [2.75, 3.05) is 13.7 Å². The number of hydrogen-bond acceptors (Lipinski definition) is 5. The van der Waals surface area contributed by atoms with E-state index < -0.39 is 11.1 Å². The van der Waals surface area contributed by atoms with Gasteiger partial charge in [0.05, 0.1) is 23.6 Å². The van der Waals surface area contributed by atoms with Crippen LogP contribution in [-0.4, -0.2) is 35.5 Å². The monoisotopic (exact) mass is 435 g/mol. The summed E-state index contributed by atoms with van der Waals surface area (Å²) in [4.78, 5) is 38.5. The maximum absolute atomic E-state index is 12.7. The van der Waals surface area contributed by atoms with E-state index in [-0.39, 0.29) is 22.3 Å². The first-order valence-corrected chi connectivity index (χ1v) is 9.75. The fourth-order valence-electron chi connectivity index (χ4n) is 2.65. The summed E-state index contributed by atoms with van der Waals surface area (Å²) in [5.41, 5.74) is 1.92. The van der Waals surface area contributed by atoms with Gasteiger partial charge in [-0.05, 0) is 36.9 Å². The van der Waals surface area contributed by atoms with Gasteiger partial charge in [-0.1, -0.05) is 53.0 Å². The third-order valence-corrected chi connectivity index (χ3v) is 5.48. The van der Waals surface area contributed by atoms with Crippen molar-refractivity contribution in [3.05, 3.63) is 68.0 Å². The van der Waals surface area contributed by atoms with E-state index in [1.54, 1.807) is 30.3 Å². The molecule has 0 unspecified atom stereocenters. The first-order chi connectivity index (χ1) is 13.3. The minimum atomic E-state index is -0.548. The molecule has 2 aromatic rings. The van der Waals surface area contributed by atoms with E-state index in [0.29, 0.717) is 21.9 Å². The summed E-state index contributed by atoms with van der Waals surface area (Å²) in [5.74, 6) is -0.519. The molecular weight excluding hydrogens is 421 g/mol. The number of nitrogens with zero attached hydrogens (tertiary/aromatic N) is 1. The number of halogens is 2. The van der Waals surface area contributed by atoms with Crippen LogP contribution in [0, 0.1) is 6.92 Å². The first kappa shape index (κ1) is 20.5. The van der Waals surface area contributed by atoms with Crippen molar-refractivity contribution in [3.8, 4) is 5.75 Å². The van der Waals surface area contributed by atoms with E-state index in [2.05, 4.69) is 0 Å². The largest absolute Gasteiger partial charge is 0.495 e. The van der Waals surface area contributed by atoms with Gasteiger partial charge in [-0.15, -0.1) is 0 Å². The first-order valence-electron chi connectivity index (χ1n) is 8.18. The molecule has 144 valence electrons. The van der Waals surface area contributed by atoms with Gasteiger partial charge in [-0.25, -0.2) is 0 Å². The Kier molecular flexibility index (Phi) is 6.13. The minimum absolute atomic E-state index is 0.165. The summed E-state index contributed by atoms with van der Waals surface area (Å²) in [5, 5.41) is 0.143. The number of ketones is 1. The lowest BCUT2D eigenvalue weighted by Crippen LogP contribution is -2.33. The Morgan fingerprint density at radius 2 is 1.86 bits per heavy atom. The Morgan fingerprint density at radius 3 is 2.50 bits per heavy atom. The number of methoxy groups -OCH3 is 1. The second-order valence-electron chi connectivity index (χ2n) is 6.07. The van der Waals surface area contributed by atoms with Crippen LogP contribution >= 0.6 is 35.0 Å². The van der Waals surface area contributed by atoms with Crippen LogP contribution in [0.25, 0.3) is 6.08 Å². The lowest BCUT2D eigenvalue weighted by atomic mass is 10.1. The van der Waals surface area contributed by atoms with E-state index in [1.807, 2.05) is 6.92 Å². The van der Waals surface area contributed by atoms with E-state index >= 15 is 0 Å². The number of aryl methyl sites for hydroxylation is 1.